The Morgan fingerprint density at radius 3 is 2.46 bits per heavy atom. The number of hydrogen-bond acceptors (Lipinski definition) is 2. The molecule has 0 bridgehead atoms. The topological polar surface area (TPSA) is 35.1 Å². The van der Waals surface area contributed by atoms with E-state index < -0.39 is 33.9 Å². The van der Waals surface area contributed by atoms with Crippen LogP contribution < -0.4 is 4.72 Å². The maximum absolute atomic E-state index is 13.0. The number of allylic oxidation sites excluding steroid dienone is 1. The first kappa shape index (κ1) is 21.5. The minimum atomic E-state index is -4.41. The van der Waals surface area contributed by atoms with Crippen LogP contribution in [0.15, 0.2) is 35.3 Å². The lowest BCUT2D eigenvalue weighted by molar-refractivity contribution is -0.137. The van der Waals surface area contributed by atoms with Gasteiger partial charge >= 0.3 is 6.18 Å². The van der Waals surface area contributed by atoms with Gasteiger partial charge in [-0.3, -0.25) is 0 Å². The lowest BCUT2D eigenvalue weighted by Crippen LogP contribution is -2.41. The highest BCUT2D eigenvalue weighted by molar-refractivity contribution is 9.10. The number of nitrogens with one attached hydrogen (secondary N) is 1. The second-order valence-corrected chi connectivity index (χ2v) is 9.36. The van der Waals surface area contributed by atoms with Crippen molar-refractivity contribution in [3.05, 3.63) is 46.5 Å². The minimum absolute atomic E-state index is 0.443. The molecule has 1 N–H and O–H groups in total. The number of rotatable bonds is 7. The SMILES string of the molecule is C=CCCC[C@H](N[S+]([O-])C(C)(C)C)c1cc(C(F)(F)F)ccc1Br. The van der Waals surface area contributed by atoms with Crippen molar-refractivity contribution in [2.24, 2.45) is 0 Å². The van der Waals surface area contributed by atoms with E-state index in [2.05, 4.69) is 27.2 Å². The first-order valence-electron chi connectivity index (χ1n) is 7.62. The molecule has 1 aromatic carbocycles. The Balaban J connectivity index is 3.15. The number of alkyl halides is 3. The second-order valence-electron chi connectivity index (χ2n) is 6.51. The Morgan fingerprint density at radius 1 is 1.33 bits per heavy atom. The van der Waals surface area contributed by atoms with Gasteiger partial charge in [-0.2, -0.15) is 13.2 Å². The fraction of sp³-hybridized carbons (Fsp3) is 0.529. The second kappa shape index (κ2) is 8.74. The summed E-state index contributed by atoms with van der Waals surface area (Å²) in [4.78, 5) is 0. The summed E-state index contributed by atoms with van der Waals surface area (Å²) in [5, 5.41) is 0. The van der Waals surface area contributed by atoms with Gasteiger partial charge in [-0.25, -0.2) is 0 Å². The van der Waals surface area contributed by atoms with Crippen molar-refractivity contribution >= 4 is 27.3 Å². The monoisotopic (exact) mass is 425 g/mol. The molecule has 0 fully saturated rings. The molecule has 0 saturated carbocycles. The van der Waals surface area contributed by atoms with E-state index in [1.54, 1.807) is 6.08 Å². The summed E-state index contributed by atoms with van der Waals surface area (Å²) < 4.78 is 54.5. The van der Waals surface area contributed by atoms with Crippen molar-refractivity contribution in [1.29, 1.82) is 0 Å². The van der Waals surface area contributed by atoms with Gasteiger partial charge in [-0.1, -0.05) is 22.0 Å². The fourth-order valence-electron chi connectivity index (χ4n) is 2.04. The van der Waals surface area contributed by atoms with Crippen LogP contribution in [0.5, 0.6) is 0 Å². The highest BCUT2D eigenvalue weighted by atomic mass is 79.9. The van der Waals surface area contributed by atoms with E-state index in [-0.39, 0.29) is 0 Å². The third kappa shape index (κ3) is 6.43. The van der Waals surface area contributed by atoms with Crippen LogP contribution >= 0.6 is 15.9 Å². The Morgan fingerprint density at radius 2 is 1.96 bits per heavy atom. The van der Waals surface area contributed by atoms with Crippen molar-refractivity contribution in [3.63, 3.8) is 0 Å². The van der Waals surface area contributed by atoms with Crippen molar-refractivity contribution in [1.82, 2.24) is 4.72 Å². The largest absolute Gasteiger partial charge is 0.598 e. The van der Waals surface area contributed by atoms with Gasteiger partial charge in [0.05, 0.1) is 11.6 Å². The average molecular weight is 426 g/mol. The maximum Gasteiger partial charge on any atom is 0.416 e. The van der Waals surface area contributed by atoms with E-state index in [1.165, 1.54) is 6.07 Å². The molecule has 1 unspecified atom stereocenters. The Labute approximate surface area is 153 Å². The highest BCUT2D eigenvalue weighted by Gasteiger charge is 2.34. The smallest absolute Gasteiger partial charge is 0.416 e. The van der Waals surface area contributed by atoms with Gasteiger partial charge in [0.15, 0.2) is 0 Å². The normalized spacial score (nSPS) is 15.2. The number of unbranched alkanes of at least 4 members (excludes halogenated alkanes) is 1. The van der Waals surface area contributed by atoms with Gasteiger partial charge in [-0.05, 0) is 63.8 Å². The molecule has 1 aromatic rings. The van der Waals surface area contributed by atoms with Crippen molar-refractivity contribution in [3.8, 4) is 0 Å². The van der Waals surface area contributed by atoms with E-state index in [0.29, 0.717) is 16.5 Å². The molecule has 136 valence electrons. The number of halogens is 4. The third-order valence-corrected chi connectivity index (χ3v) is 5.74. The predicted molar refractivity (Wildman–Crippen MR) is 97.0 cm³/mol. The number of benzene rings is 1. The summed E-state index contributed by atoms with van der Waals surface area (Å²) >= 11 is 1.93. The van der Waals surface area contributed by atoms with Gasteiger partial charge in [0.2, 0.25) is 0 Å². The first-order valence-corrected chi connectivity index (χ1v) is 9.56. The maximum atomic E-state index is 13.0. The van der Waals surface area contributed by atoms with Crippen LogP contribution in [0.4, 0.5) is 13.2 Å². The summed E-state index contributed by atoms with van der Waals surface area (Å²) in [5.74, 6) is 0. The minimum Gasteiger partial charge on any atom is -0.598 e. The molecule has 0 saturated heterocycles. The summed E-state index contributed by atoms with van der Waals surface area (Å²) in [6.07, 6.45) is -0.598. The van der Waals surface area contributed by atoms with Crippen LogP contribution in [0.25, 0.3) is 0 Å². The molecule has 0 heterocycles. The van der Waals surface area contributed by atoms with Crippen molar-refractivity contribution in [2.75, 3.05) is 0 Å². The van der Waals surface area contributed by atoms with E-state index in [0.717, 1.165) is 25.0 Å². The lowest BCUT2D eigenvalue weighted by atomic mass is 9.99. The summed E-state index contributed by atoms with van der Waals surface area (Å²) in [6, 6.07) is 3.10. The van der Waals surface area contributed by atoms with E-state index >= 15 is 0 Å². The molecule has 0 spiro atoms. The van der Waals surface area contributed by atoms with Crippen LogP contribution in [0.1, 0.15) is 57.2 Å². The van der Waals surface area contributed by atoms with Crippen LogP contribution in [0.3, 0.4) is 0 Å². The van der Waals surface area contributed by atoms with Gasteiger partial charge in [-0.15, -0.1) is 11.3 Å². The molecule has 0 aliphatic heterocycles. The van der Waals surface area contributed by atoms with Gasteiger partial charge in [0.25, 0.3) is 0 Å². The number of hydrogen-bond donors (Lipinski definition) is 1. The van der Waals surface area contributed by atoms with E-state index in [4.69, 9.17) is 0 Å². The first-order chi connectivity index (χ1) is 11.0. The van der Waals surface area contributed by atoms with Gasteiger partial charge in [0, 0.05) is 15.8 Å². The predicted octanol–water partition coefficient (Wildman–Crippen LogP) is 5.92. The van der Waals surface area contributed by atoms with Crippen molar-refractivity contribution < 1.29 is 17.7 Å². The molecule has 0 aliphatic carbocycles. The molecular weight excluding hydrogens is 403 g/mol. The zero-order valence-corrected chi connectivity index (χ0v) is 16.4. The Hall–Kier alpha value is -0.500. The fourth-order valence-corrected chi connectivity index (χ4v) is 3.42. The van der Waals surface area contributed by atoms with Crippen LogP contribution in [-0.2, 0) is 17.5 Å². The molecule has 24 heavy (non-hydrogen) atoms. The summed E-state index contributed by atoms with van der Waals surface area (Å²) in [7, 11) is 0. The van der Waals surface area contributed by atoms with E-state index in [1.807, 2.05) is 20.8 Å². The standard InChI is InChI=1S/C17H23BrF3NOS/c1-5-6-7-8-15(22-24(23)16(2,3)4)13-11-12(17(19,20)21)9-10-14(13)18/h5,9-11,15,22H,1,6-8H2,2-4H3/t15-,24?/m0/s1. The Kier molecular flexibility index (Phi) is 7.84. The van der Waals surface area contributed by atoms with E-state index in [9.17, 15) is 17.7 Å². The average Bonchev–Trinajstić information content (AvgIpc) is 2.44. The van der Waals surface area contributed by atoms with Gasteiger partial charge < -0.3 is 4.55 Å². The van der Waals surface area contributed by atoms with Gasteiger partial charge in [0.1, 0.15) is 4.75 Å². The molecule has 0 aromatic heterocycles. The lowest BCUT2D eigenvalue weighted by Gasteiger charge is -2.29. The molecule has 0 radical (unpaired) electrons. The molecule has 2 atom stereocenters. The third-order valence-electron chi connectivity index (χ3n) is 3.41. The Bertz CT molecular complexity index is 558. The quantitative estimate of drug-likeness (QED) is 0.334. The summed E-state index contributed by atoms with van der Waals surface area (Å²) in [6.45, 7) is 9.11. The zero-order valence-electron chi connectivity index (χ0n) is 14.0. The van der Waals surface area contributed by atoms with Crippen LogP contribution in [0.2, 0.25) is 0 Å². The molecule has 2 nitrogen and oxygen atoms in total. The van der Waals surface area contributed by atoms with Crippen LogP contribution in [-0.4, -0.2) is 9.30 Å². The highest BCUT2D eigenvalue weighted by Crippen LogP contribution is 2.36. The molecular formula is C17H23BrF3NOS. The van der Waals surface area contributed by atoms with Crippen molar-refractivity contribution in [2.45, 2.75) is 57.0 Å². The molecule has 0 aliphatic rings. The molecule has 1 rings (SSSR count). The molecule has 0 amide bonds. The zero-order chi connectivity index (χ0) is 18.5. The molecule has 7 heteroatoms. The summed E-state index contributed by atoms with van der Waals surface area (Å²) in [5.41, 5.74) is -0.246. The van der Waals surface area contributed by atoms with Crippen LogP contribution in [0, 0.1) is 0 Å².